The predicted molar refractivity (Wildman–Crippen MR) is 185 cm³/mol. The first-order valence-corrected chi connectivity index (χ1v) is 16.3. The summed E-state index contributed by atoms with van der Waals surface area (Å²) in [4.78, 5) is 44.3. The SMILES string of the molecule is CC(Sc1ccc(NC(=O)/C(=C/c2ccc(Cl)cc2Cl)NC(=O)c2ccccc2)cc1)C(=O)Nc1nc(-c2ccc(F)cc2)cs1. The third kappa shape index (κ3) is 8.82. The van der Waals surface area contributed by atoms with Crippen molar-refractivity contribution in [2.45, 2.75) is 17.1 Å². The number of thiazole rings is 1. The van der Waals surface area contributed by atoms with Gasteiger partial charge in [-0.25, -0.2) is 9.37 Å². The monoisotopic (exact) mass is 690 g/mol. The van der Waals surface area contributed by atoms with Crippen LogP contribution >= 0.6 is 46.3 Å². The Bertz CT molecular complexity index is 1900. The van der Waals surface area contributed by atoms with Gasteiger partial charge in [-0.1, -0.05) is 47.5 Å². The van der Waals surface area contributed by atoms with E-state index in [2.05, 4.69) is 20.9 Å². The van der Waals surface area contributed by atoms with Crippen LogP contribution in [0.2, 0.25) is 10.0 Å². The second-order valence-electron chi connectivity index (χ2n) is 9.82. The summed E-state index contributed by atoms with van der Waals surface area (Å²) in [5, 5.41) is 10.8. The predicted octanol–water partition coefficient (Wildman–Crippen LogP) is 8.78. The van der Waals surface area contributed by atoms with Crippen molar-refractivity contribution in [2.75, 3.05) is 10.6 Å². The van der Waals surface area contributed by atoms with Crippen LogP contribution in [0.4, 0.5) is 15.2 Å². The minimum Gasteiger partial charge on any atom is -0.321 e. The van der Waals surface area contributed by atoms with Crippen molar-refractivity contribution in [3.8, 4) is 11.3 Å². The minimum atomic E-state index is -0.563. The van der Waals surface area contributed by atoms with Gasteiger partial charge < -0.3 is 16.0 Å². The molecule has 0 saturated carbocycles. The van der Waals surface area contributed by atoms with E-state index in [0.717, 1.165) is 10.5 Å². The molecule has 0 aliphatic carbocycles. The van der Waals surface area contributed by atoms with Gasteiger partial charge in [-0.3, -0.25) is 14.4 Å². The van der Waals surface area contributed by atoms with Crippen molar-refractivity contribution >= 4 is 80.9 Å². The number of carbonyl (C=O) groups is 3. The van der Waals surface area contributed by atoms with E-state index < -0.39 is 17.1 Å². The third-order valence-corrected chi connectivity index (χ3v) is 8.89. The molecule has 46 heavy (non-hydrogen) atoms. The summed E-state index contributed by atoms with van der Waals surface area (Å²) in [7, 11) is 0. The van der Waals surface area contributed by atoms with Crippen molar-refractivity contribution in [3.05, 3.63) is 135 Å². The zero-order chi connectivity index (χ0) is 32.6. The lowest BCUT2D eigenvalue weighted by atomic mass is 10.1. The van der Waals surface area contributed by atoms with Crippen molar-refractivity contribution in [2.24, 2.45) is 0 Å². The maximum absolute atomic E-state index is 13.4. The molecule has 0 bridgehead atoms. The Kier molecular flexibility index (Phi) is 10.9. The molecule has 0 aliphatic heterocycles. The van der Waals surface area contributed by atoms with Gasteiger partial charge in [0.2, 0.25) is 5.91 Å². The maximum atomic E-state index is 13.4. The number of nitrogens with zero attached hydrogens (tertiary/aromatic N) is 1. The first-order valence-electron chi connectivity index (χ1n) is 13.8. The van der Waals surface area contributed by atoms with Crippen LogP contribution in [0, 0.1) is 5.82 Å². The number of amides is 3. The normalized spacial score (nSPS) is 11.9. The Morgan fingerprint density at radius 1 is 0.913 bits per heavy atom. The average Bonchev–Trinajstić information content (AvgIpc) is 3.51. The Morgan fingerprint density at radius 2 is 1.63 bits per heavy atom. The number of nitrogens with one attached hydrogen (secondary N) is 3. The molecule has 1 atom stereocenters. The first kappa shape index (κ1) is 32.9. The second-order valence-corrected chi connectivity index (χ2v) is 12.9. The van der Waals surface area contributed by atoms with Crippen LogP contribution < -0.4 is 16.0 Å². The molecular weight excluding hydrogens is 666 g/mol. The second kappa shape index (κ2) is 15.2. The van der Waals surface area contributed by atoms with E-state index in [0.29, 0.717) is 37.7 Å². The summed E-state index contributed by atoms with van der Waals surface area (Å²) in [6.45, 7) is 1.78. The molecule has 0 radical (unpaired) electrons. The summed E-state index contributed by atoms with van der Waals surface area (Å²) in [6, 6.07) is 26.3. The highest BCUT2D eigenvalue weighted by Gasteiger charge is 2.18. The van der Waals surface area contributed by atoms with Crippen LogP contribution in [-0.2, 0) is 9.59 Å². The van der Waals surface area contributed by atoms with Gasteiger partial charge in [0.15, 0.2) is 5.13 Å². The molecule has 5 aromatic rings. The molecule has 1 aromatic heterocycles. The van der Waals surface area contributed by atoms with Crippen molar-refractivity contribution in [1.82, 2.24) is 10.3 Å². The van der Waals surface area contributed by atoms with Gasteiger partial charge in [0.1, 0.15) is 11.5 Å². The van der Waals surface area contributed by atoms with Gasteiger partial charge >= 0.3 is 0 Å². The minimum absolute atomic E-state index is 0.0217. The molecule has 0 spiro atoms. The van der Waals surface area contributed by atoms with E-state index in [1.807, 2.05) is 0 Å². The molecular formula is C34H25Cl2FN4O3S2. The van der Waals surface area contributed by atoms with Crippen LogP contribution in [0.25, 0.3) is 17.3 Å². The van der Waals surface area contributed by atoms with Gasteiger partial charge in [-0.05, 0) is 91.4 Å². The molecule has 0 saturated heterocycles. The summed E-state index contributed by atoms with van der Waals surface area (Å²) in [5.74, 6) is -1.59. The van der Waals surface area contributed by atoms with Crippen LogP contribution in [0.3, 0.4) is 0 Å². The quantitative estimate of drug-likeness (QED) is 0.100. The fraction of sp³-hybridized carbons (Fsp3) is 0.0588. The third-order valence-electron chi connectivity index (χ3n) is 6.46. The molecule has 232 valence electrons. The van der Waals surface area contributed by atoms with E-state index in [-0.39, 0.29) is 17.4 Å². The molecule has 0 fully saturated rings. The Morgan fingerprint density at radius 3 is 2.33 bits per heavy atom. The number of anilines is 2. The van der Waals surface area contributed by atoms with Crippen molar-refractivity contribution < 1.29 is 18.8 Å². The summed E-state index contributed by atoms with van der Waals surface area (Å²) in [6.07, 6.45) is 1.48. The Hall–Kier alpha value is -4.48. The van der Waals surface area contributed by atoms with Crippen LogP contribution in [0.1, 0.15) is 22.8 Å². The van der Waals surface area contributed by atoms with Gasteiger partial charge in [0.25, 0.3) is 11.8 Å². The lowest BCUT2D eigenvalue weighted by molar-refractivity contribution is -0.115. The maximum Gasteiger partial charge on any atom is 0.272 e. The summed E-state index contributed by atoms with van der Waals surface area (Å²) in [5.41, 5.74) is 2.73. The molecule has 0 aliphatic rings. The highest BCUT2D eigenvalue weighted by molar-refractivity contribution is 8.00. The van der Waals surface area contributed by atoms with Gasteiger partial charge in [0, 0.05) is 37.1 Å². The average molecular weight is 692 g/mol. The van der Waals surface area contributed by atoms with Crippen LogP contribution in [-0.4, -0.2) is 28.0 Å². The molecule has 1 unspecified atom stereocenters. The van der Waals surface area contributed by atoms with E-state index in [1.54, 1.807) is 97.2 Å². The zero-order valence-electron chi connectivity index (χ0n) is 24.1. The van der Waals surface area contributed by atoms with E-state index >= 15 is 0 Å². The van der Waals surface area contributed by atoms with Crippen molar-refractivity contribution in [3.63, 3.8) is 0 Å². The number of halogens is 3. The lowest BCUT2D eigenvalue weighted by Gasteiger charge is -2.13. The fourth-order valence-corrected chi connectivity index (χ4v) is 6.13. The van der Waals surface area contributed by atoms with Gasteiger partial charge in [-0.15, -0.1) is 23.1 Å². The first-order chi connectivity index (χ1) is 22.1. The highest BCUT2D eigenvalue weighted by Crippen LogP contribution is 2.29. The molecule has 4 aromatic carbocycles. The standard InChI is InChI=1S/C34H25Cl2FN4O3S2/c1-20(31(42)41-34-40-30(19-45-34)21-8-11-25(37)12-9-21)46-27-15-13-26(14-16-27)38-33(44)29(17-23-7-10-24(35)18-28(23)36)39-32(43)22-5-3-2-4-6-22/h2-20H,1H3,(H,38,44)(H,39,43)(H,40,41,42)/b29-17-. The number of rotatable bonds is 10. The molecule has 3 N–H and O–H groups in total. The molecule has 5 rings (SSSR count). The number of benzene rings is 4. The van der Waals surface area contributed by atoms with Gasteiger partial charge in [-0.2, -0.15) is 0 Å². The van der Waals surface area contributed by atoms with Crippen LogP contribution in [0.5, 0.6) is 0 Å². The number of carbonyl (C=O) groups excluding carboxylic acids is 3. The van der Waals surface area contributed by atoms with E-state index in [1.165, 1.54) is 41.3 Å². The topological polar surface area (TPSA) is 100 Å². The zero-order valence-corrected chi connectivity index (χ0v) is 27.2. The number of hydrogen-bond donors (Lipinski definition) is 3. The Labute approximate surface area is 282 Å². The summed E-state index contributed by atoms with van der Waals surface area (Å²) < 4.78 is 13.2. The van der Waals surface area contributed by atoms with Crippen molar-refractivity contribution in [1.29, 1.82) is 0 Å². The number of thioether (sulfide) groups is 1. The number of aromatic nitrogens is 1. The lowest BCUT2D eigenvalue weighted by Crippen LogP contribution is -2.30. The fourth-order valence-electron chi connectivity index (χ4n) is 4.08. The largest absolute Gasteiger partial charge is 0.321 e. The van der Waals surface area contributed by atoms with E-state index in [9.17, 15) is 18.8 Å². The van der Waals surface area contributed by atoms with Gasteiger partial charge in [0.05, 0.1) is 10.9 Å². The van der Waals surface area contributed by atoms with E-state index in [4.69, 9.17) is 23.2 Å². The van der Waals surface area contributed by atoms with Crippen LogP contribution in [0.15, 0.2) is 113 Å². The number of hydrogen-bond acceptors (Lipinski definition) is 6. The smallest absolute Gasteiger partial charge is 0.272 e. The summed E-state index contributed by atoms with van der Waals surface area (Å²) >= 11 is 15.0. The molecule has 7 nitrogen and oxygen atoms in total. The molecule has 12 heteroatoms. The highest BCUT2D eigenvalue weighted by atomic mass is 35.5. The Balaban J connectivity index is 1.22. The molecule has 1 heterocycles. The molecule has 3 amide bonds.